The molecule has 7 heteroatoms. The Kier molecular flexibility index (Phi) is 3.95. The SMILES string of the molecule is Cc1cc(C(=O)O)ccc1NC(=O)c1cnc(Cl)cn1. The van der Waals surface area contributed by atoms with E-state index in [1.54, 1.807) is 6.92 Å². The van der Waals surface area contributed by atoms with E-state index in [1.807, 2.05) is 0 Å². The number of aromatic carboxylic acids is 1. The zero-order chi connectivity index (χ0) is 14.7. The van der Waals surface area contributed by atoms with Crippen molar-refractivity contribution < 1.29 is 14.7 Å². The number of carboxylic acid groups (broad SMARTS) is 1. The fourth-order valence-electron chi connectivity index (χ4n) is 1.55. The van der Waals surface area contributed by atoms with E-state index in [0.29, 0.717) is 11.3 Å². The van der Waals surface area contributed by atoms with Crippen LogP contribution in [0.5, 0.6) is 0 Å². The Morgan fingerprint density at radius 3 is 2.55 bits per heavy atom. The second-order valence-corrected chi connectivity index (χ2v) is 4.40. The van der Waals surface area contributed by atoms with E-state index in [1.165, 1.54) is 30.6 Å². The Labute approximate surface area is 119 Å². The van der Waals surface area contributed by atoms with E-state index >= 15 is 0 Å². The number of carbonyl (C=O) groups is 2. The molecule has 0 saturated heterocycles. The van der Waals surface area contributed by atoms with Crippen LogP contribution in [0.4, 0.5) is 5.69 Å². The van der Waals surface area contributed by atoms with Gasteiger partial charge in [-0.05, 0) is 30.7 Å². The van der Waals surface area contributed by atoms with Crippen molar-refractivity contribution >= 4 is 29.2 Å². The smallest absolute Gasteiger partial charge is 0.335 e. The summed E-state index contributed by atoms with van der Waals surface area (Å²) in [5, 5.41) is 11.7. The third kappa shape index (κ3) is 3.10. The molecule has 1 heterocycles. The quantitative estimate of drug-likeness (QED) is 0.906. The summed E-state index contributed by atoms with van der Waals surface area (Å²) in [5.41, 5.74) is 1.43. The van der Waals surface area contributed by atoms with Crippen molar-refractivity contribution in [2.24, 2.45) is 0 Å². The third-order valence-electron chi connectivity index (χ3n) is 2.57. The molecule has 1 amide bonds. The maximum atomic E-state index is 11.9. The van der Waals surface area contributed by atoms with Gasteiger partial charge in [0.15, 0.2) is 0 Å². The Balaban J connectivity index is 2.19. The fraction of sp³-hybridized carbons (Fsp3) is 0.0769. The van der Waals surface area contributed by atoms with Crippen LogP contribution in [0.25, 0.3) is 0 Å². The van der Waals surface area contributed by atoms with Crippen molar-refractivity contribution in [2.45, 2.75) is 6.92 Å². The molecule has 1 aromatic heterocycles. The first-order valence-electron chi connectivity index (χ1n) is 5.60. The normalized spacial score (nSPS) is 10.1. The number of benzene rings is 1. The molecular weight excluding hydrogens is 282 g/mol. The highest BCUT2D eigenvalue weighted by Gasteiger charge is 2.11. The lowest BCUT2D eigenvalue weighted by Gasteiger charge is -2.08. The van der Waals surface area contributed by atoms with E-state index in [9.17, 15) is 9.59 Å². The minimum absolute atomic E-state index is 0.121. The number of halogens is 1. The van der Waals surface area contributed by atoms with Gasteiger partial charge in [-0.1, -0.05) is 11.6 Å². The second-order valence-electron chi connectivity index (χ2n) is 4.01. The van der Waals surface area contributed by atoms with Gasteiger partial charge in [0.2, 0.25) is 0 Å². The minimum atomic E-state index is -1.02. The summed E-state index contributed by atoms with van der Waals surface area (Å²) in [5.74, 6) is -1.46. The average molecular weight is 292 g/mol. The molecule has 102 valence electrons. The molecule has 0 spiro atoms. The Morgan fingerprint density at radius 1 is 1.25 bits per heavy atom. The van der Waals surface area contributed by atoms with Crippen molar-refractivity contribution in [3.8, 4) is 0 Å². The molecule has 0 aliphatic rings. The number of nitrogens with one attached hydrogen (secondary N) is 1. The van der Waals surface area contributed by atoms with Crippen molar-refractivity contribution in [3.05, 3.63) is 52.6 Å². The number of hydrogen-bond acceptors (Lipinski definition) is 4. The lowest BCUT2D eigenvalue weighted by atomic mass is 10.1. The molecule has 0 fully saturated rings. The number of hydrogen-bond donors (Lipinski definition) is 2. The first-order valence-corrected chi connectivity index (χ1v) is 5.98. The molecular formula is C13H10ClN3O3. The maximum Gasteiger partial charge on any atom is 0.335 e. The van der Waals surface area contributed by atoms with E-state index in [4.69, 9.17) is 16.7 Å². The molecule has 0 unspecified atom stereocenters. The number of aromatic nitrogens is 2. The minimum Gasteiger partial charge on any atom is -0.478 e. The average Bonchev–Trinajstić information content (AvgIpc) is 2.41. The molecule has 20 heavy (non-hydrogen) atoms. The summed E-state index contributed by atoms with van der Waals surface area (Å²) >= 11 is 5.59. The first kappa shape index (κ1) is 14.0. The van der Waals surface area contributed by atoms with E-state index < -0.39 is 11.9 Å². The Bertz CT molecular complexity index is 671. The predicted octanol–water partition coefficient (Wildman–Crippen LogP) is 2.39. The van der Waals surface area contributed by atoms with Crippen molar-refractivity contribution in [2.75, 3.05) is 5.32 Å². The van der Waals surface area contributed by atoms with Crippen molar-refractivity contribution in [3.63, 3.8) is 0 Å². The van der Waals surface area contributed by atoms with Crippen LogP contribution in [-0.4, -0.2) is 27.0 Å². The molecule has 0 aliphatic carbocycles. The van der Waals surface area contributed by atoms with Gasteiger partial charge in [-0.25, -0.2) is 14.8 Å². The van der Waals surface area contributed by atoms with E-state index in [0.717, 1.165) is 0 Å². The lowest BCUT2D eigenvalue weighted by Crippen LogP contribution is -2.15. The largest absolute Gasteiger partial charge is 0.478 e. The zero-order valence-electron chi connectivity index (χ0n) is 10.4. The molecule has 0 radical (unpaired) electrons. The van der Waals surface area contributed by atoms with Gasteiger partial charge in [0.25, 0.3) is 5.91 Å². The molecule has 2 aromatic rings. The standard InChI is InChI=1S/C13H10ClN3O3/c1-7-4-8(13(19)20)2-3-9(7)17-12(18)10-5-16-11(14)6-15-10/h2-6H,1H3,(H,17,18)(H,19,20). The van der Waals surface area contributed by atoms with Crippen LogP contribution in [0.15, 0.2) is 30.6 Å². The maximum absolute atomic E-state index is 11.9. The molecule has 0 aliphatic heterocycles. The van der Waals surface area contributed by atoms with Gasteiger partial charge in [0.05, 0.1) is 18.0 Å². The van der Waals surface area contributed by atoms with Crippen LogP contribution in [0.1, 0.15) is 26.4 Å². The fourth-order valence-corrected chi connectivity index (χ4v) is 1.65. The van der Waals surface area contributed by atoms with Gasteiger partial charge < -0.3 is 10.4 Å². The number of aryl methyl sites for hydroxylation is 1. The van der Waals surface area contributed by atoms with Gasteiger partial charge in [-0.3, -0.25) is 4.79 Å². The van der Waals surface area contributed by atoms with Crippen LogP contribution in [-0.2, 0) is 0 Å². The highest BCUT2D eigenvalue weighted by molar-refractivity contribution is 6.29. The predicted molar refractivity (Wildman–Crippen MR) is 73.1 cm³/mol. The lowest BCUT2D eigenvalue weighted by molar-refractivity contribution is 0.0696. The summed E-state index contributed by atoms with van der Waals surface area (Å²) < 4.78 is 0. The summed E-state index contributed by atoms with van der Waals surface area (Å²) in [6.45, 7) is 1.70. The highest BCUT2D eigenvalue weighted by Crippen LogP contribution is 2.17. The van der Waals surface area contributed by atoms with Crippen LogP contribution < -0.4 is 5.32 Å². The molecule has 6 nitrogen and oxygen atoms in total. The van der Waals surface area contributed by atoms with Gasteiger partial charge >= 0.3 is 5.97 Å². The summed E-state index contributed by atoms with van der Waals surface area (Å²) in [7, 11) is 0. The first-order chi connectivity index (χ1) is 9.47. The van der Waals surface area contributed by atoms with E-state index in [-0.39, 0.29) is 16.4 Å². The molecule has 2 N–H and O–H groups in total. The van der Waals surface area contributed by atoms with Gasteiger partial charge in [0, 0.05) is 5.69 Å². The summed E-state index contributed by atoms with van der Waals surface area (Å²) in [6.07, 6.45) is 2.54. The molecule has 0 saturated carbocycles. The number of anilines is 1. The topological polar surface area (TPSA) is 92.2 Å². The second kappa shape index (κ2) is 5.66. The van der Waals surface area contributed by atoms with Crippen LogP contribution in [0, 0.1) is 6.92 Å². The van der Waals surface area contributed by atoms with Crippen molar-refractivity contribution in [1.82, 2.24) is 9.97 Å². The summed E-state index contributed by atoms with van der Waals surface area (Å²) in [6, 6.07) is 4.42. The third-order valence-corrected chi connectivity index (χ3v) is 2.77. The number of rotatable bonds is 3. The van der Waals surface area contributed by atoms with Crippen LogP contribution >= 0.6 is 11.6 Å². The Hall–Kier alpha value is -2.47. The molecule has 0 atom stereocenters. The van der Waals surface area contributed by atoms with Crippen molar-refractivity contribution in [1.29, 1.82) is 0 Å². The number of carboxylic acids is 1. The molecule has 1 aromatic carbocycles. The highest BCUT2D eigenvalue weighted by atomic mass is 35.5. The van der Waals surface area contributed by atoms with Crippen LogP contribution in [0.2, 0.25) is 5.15 Å². The summed E-state index contributed by atoms with van der Waals surface area (Å²) in [4.78, 5) is 30.4. The zero-order valence-corrected chi connectivity index (χ0v) is 11.2. The number of carbonyl (C=O) groups excluding carboxylic acids is 1. The Morgan fingerprint density at radius 2 is 2.00 bits per heavy atom. The van der Waals surface area contributed by atoms with Gasteiger partial charge in [0.1, 0.15) is 10.8 Å². The molecule has 2 rings (SSSR count). The van der Waals surface area contributed by atoms with Crippen LogP contribution in [0.3, 0.4) is 0 Å². The number of amides is 1. The van der Waals surface area contributed by atoms with E-state index in [2.05, 4.69) is 15.3 Å². The number of nitrogens with zero attached hydrogens (tertiary/aromatic N) is 2. The van der Waals surface area contributed by atoms with Gasteiger partial charge in [-0.15, -0.1) is 0 Å². The monoisotopic (exact) mass is 291 g/mol. The van der Waals surface area contributed by atoms with Gasteiger partial charge in [-0.2, -0.15) is 0 Å². The molecule has 0 bridgehead atoms.